The van der Waals surface area contributed by atoms with Crippen molar-refractivity contribution in [3.05, 3.63) is 22.8 Å². The molecule has 0 bridgehead atoms. The van der Waals surface area contributed by atoms with Crippen molar-refractivity contribution in [2.45, 2.75) is 78.1 Å². The Morgan fingerprint density at radius 3 is 2.27 bits per heavy atom. The molecule has 0 spiro atoms. The lowest BCUT2D eigenvalue weighted by atomic mass is 9.85. The summed E-state index contributed by atoms with van der Waals surface area (Å²) in [6.45, 7) is 19.2. The van der Waals surface area contributed by atoms with Gasteiger partial charge in [-0.1, -0.05) is 47.1 Å². The summed E-state index contributed by atoms with van der Waals surface area (Å²) < 4.78 is 6.56. The lowest BCUT2D eigenvalue weighted by molar-refractivity contribution is -0.490. The van der Waals surface area contributed by atoms with Crippen LogP contribution >= 0.6 is 0 Å². The molecular weight excluding hydrogens is 294 g/mol. The van der Waals surface area contributed by atoms with Crippen LogP contribution in [0.2, 0.25) is 18.1 Å². The van der Waals surface area contributed by atoms with Gasteiger partial charge in [0.25, 0.3) is 0 Å². The molecule has 0 saturated heterocycles. The highest BCUT2D eigenvalue weighted by atomic mass is 28.4. The van der Waals surface area contributed by atoms with Gasteiger partial charge in [0, 0.05) is 10.8 Å². The third kappa shape index (κ3) is 6.61. The summed E-state index contributed by atoms with van der Waals surface area (Å²) in [4.78, 5) is 10.8. The van der Waals surface area contributed by atoms with Gasteiger partial charge in [0.2, 0.25) is 6.54 Å². The number of rotatable bonds is 10. The molecule has 0 radical (unpaired) electrons. The lowest BCUT2D eigenvalue weighted by Gasteiger charge is -2.41. The minimum absolute atomic E-state index is 0.0230. The fourth-order valence-corrected chi connectivity index (χ4v) is 3.90. The van der Waals surface area contributed by atoms with Gasteiger partial charge in [0.05, 0.1) is 6.10 Å². The number of hydrogen-bond acceptors (Lipinski definition) is 3. The number of nitrogens with zero attached hydrogens (tertiary/aromatic N) is 1. The molecule has 0 rings (SSSR count). The molecule has 0 aromatic heterocycles. The van der Waals surface area contributed by atoms with Crippen LogP contribution in [-0.2, 0) is 4.43 Å². The van der Waals surface area contributed by atoms with Crippen molar-refractivity contribution in [3.63, 3.8) is 0 Å². The highest BCUT2D eigenvalue weighted by Crippen LogP contribution is 2.39. The molecule has 0 aromatic carbocycles. The van der Waals surface area contributed by atoms with Gasteiger partial charge in [-0.3, -0.25) is 10.1 Å². The summed E-state index contributed by atoms with van der Waals surface area (Å²) in [6.07, 6.45) is 4.49. The second kappa shape index (κ2) is 8.82. The monoisotopic (exact) mass is 329 g/mol. The first-order valence-electron chi connectivity index (χ1n) is 8.36. The Kier molecular flexibility index (Phi) is 8.55. The molecule has 0 aliphatic carbocycles. The topological polar surface area (TPSA) is 52.4 Å². The van der Waals surface area contributed by atoms with Gasteiger partial charge in [0.15, 0.2) is 8.32 Å². The van der Waals surface area contributed by atoms with E-state index in [0.717, 1.165) is 19.3 Å². The Morgan fingerprint density at radius 2 is 1.91 bits per heavy atom. The van der Waals surface area contributed by atoms with Crippen molar-refractivity contribution in [1.29, 1.82) is 0 Å². The summed E-state index contributed by atoms with van der Waals surface area (Å²) in [5.74, 6) is 0.229. The molecule has 0 aromatic rings. The summed E-state index contributed by atoms with van der Waals surface area (Å²) in [6, 6.07) is 0. The van der Waals surface area contributed by atoms with Crippen LogP contribution in [-0.4, -0.2) is 25.9 Å². The van der Waals surface area contributed by atoms with Crippen LogP contribution < -0.4 is 0 Å². The molecule has 0 fully saturated rings. The summed E-state index contributed by atoms with van der Waals surface area (Å²) in [5.41, 5.74) is 0. The Bertz CT molecular complexity index is 363. The predicted molar refractivity (Wildman–Crippen MR) is 96.3 cm³/mol. The molecule has 130 valence electrons. The van der Waals surface area contributed by atoms with E-state index in [2.05, 4.69) is 54.3 Å². The minimum Gasteiger partial charge on any atom is -0.413 e. The van der Waals surface area contributed by atoms with E-state index in [1.54, 1.807) is 0 Å². The molecule has 5 heteroatoms. The van der Waals surface area contributed by atoms with Gasteiger partial charge >= 0.3 is 0 Å². The van der Waals surface area contributed by atoms with Gasteiger partial charge in [-0.15, -0.1) is 6.58 Å². The highest BCUT2D eigenvalue weighted by Gasteiger charge is 2.41. The number of nitro groups is 1. The third-order valence-electron chi connectivity index (χ3n) is 5.02. The molecule has 0 amide bonds. The summed E-state index contributed by atoms with van der Waals surface area (Å²) in [5, 5.41) is 11.1. The van der Waals surface area contributed by atoms with E-state index in [1.165, 1.54) is 0 Å². The maximum Gasteiger partial charge on any atom is 0.207 e. The van der Waals surface area contributed by atoms with E-state index in [0.29, 0.717) is 0 Å². The molecule has 0 unspecified atom stereocenters. The van der Waals surface area contributed by atoms with Crippen LogP contribution in [0.3, 0.4) is 0 Å². The van der Waals surface area contributed by atoms with Crippen molar-refractivity contribution >= 4 is 8.32 Å². The molecule has 0 aliphatic heterocycles. The molecule has 0 aliphatic rings. The van der Waals surface area contributed by atoms with E-state index < -0.39 is 8.32 Å². The van der Waals surface area contributed by atoms with Crippen LogP contribution in [0.15, 0.2) is 12.7 Å². The molecule has 22 heavy (non-hydrogen) atoms. The predicted octanol–water partition coefficient (Wildman–Crippen LogP) is 5.28. The Labute approximate surface area is 137 Å². The van der Waals surface area contributed by atoms with E-state index >= 15 is 0 Å². The average molecular weight is 330 g/mol. The van der Waals surface area contributed by atoms with E-state index in [1.807, 2.05) is 6.08 Å². The van der Waals surface area contributed by atoms with E-state index in [9.17, 15) is 10.1 Å². The highest BCUT2D eigenvalue weighted by molar-refractivity contribution is 6.74. The van der Waals surface area contributed by atoms with Crippen LogP contribution in [0.4, 0.5) is 0 Å². The van der Waals surface area contributed by atoms with Crippen LogP contribution in [0.25, 0.3) is 0 Å². The van der Waals surface area contributed by atoms with Gasteiger partial charge < -0.3 is 4.43 Å². The fraction of sp³-hybridized carbons (Fsp3) is 0.882. The lowest BCUT2D eigenvalue weighted by Crippen LogP contribution is -2.46. The normalized spacial score (nSPS) is 16.9. The second-order valence-corrected chi connectivity index (χ2v) is 12.6. The SMILES string of the molecule is C=CC[C@@H](O[Si](C)(C)C(C)(C)C)[C@H](C)[C@@H](CCC)C[N+](=O)[O-]. The van der Waals surface area contributed by atoms with Gasteiger partial charge in [-0.05, 0) is 36.9 Å². The zero-order valence-electron chi connectivity index (χ0n) is 15.5. The summed E-state index contributed by atoms with van der Waals surface area (Å²) >= 11 is 0. The van der Waals surface area contributed by atoms with Crippen LogP contribution in [0.1, 0.15) is 53.9 Å². The first-order valence-corrected chi connectivity index (χ1v) is 11.3. The van der Waals surface area contributed by atoms with Gasteiger partial charge in [0.1, 0.15) is 0 Å². The second-order valence-electron chi connectivity index (χ2n) is 7.86. The largest absolute Gasteiger partial charge is 0.413 e. The number of hydrogen-bond donors (Lipinski definition) is 0. The van der Waals surface area contributed by atoms with Crippen molar-refractivity contribution in [2.75, 3.05) is 6.54 Å². The average Bonchev–Trinajstić information content (AvgIpc) is 2.34. The fourth-order valence-electron chi connectivity index (χ4n) is 2.48. The maximum absolute atomic E-state index is 11.0. The quantitative estimate of drug-likeness (QED) is 0.237. The molecule has 0 heterocycles. The molecule has 3 atom stereocenters. The molecule has 0 N–H and O–H groups in total. The zero-order chi connectivity index (χ0) is 17.6. The van der Waals surface area contributed by atoms with E-state index in [4.69, 9.17) is 4.43 Å². The third-order valence-corrected chi connectivity index (χ3v) is 9.53. The minimum atomic E-state index is -1.89. The smallest absolute Gasteiger partial charge is 0.207 e. The Balaban J connectivity index is 5.19. The molecule has 4 nitrogen and oxygen atoms in total. The zero-order valence-corrected chi connectivity index (χ0v) is 16.5. The first kappa shape index (κ1) is 21.3. The standard InChI is InChI=1S/C17H35NO3Si/c1-9-11-15(13-18(19)20)14(3)16(12-10-2)21-22(7,8)17(4,5)6/h10,14-16H,2,9,11-13H2,1,3-8H3/t14-,15+,16-/m1/s1. The summed E-state index contributed by atoms with van der Waals surface area (Å²) in [7, 11) is -1.89. The maximum atomic E-state index is 11.0. The molecular formula is C17H35NO3Si. The first-order chi connectivity index (χ1) is 9.96. The van der Waals surface area contributed by atoms with Crippen molar-refractivity contribution in [2.24, 2.45) is 11.8 Å². The molecule has 0 saturated carbocycles. The van der Waals surface area contributed by atoms with E-state index in [-0.39, 0.29) is 34.4 Å². The Hall–Kier alpha value is -0.683. The van der Waals surface area contributed by atoms with Crippen molar-refractivity contribution in [3.8, 4) is 0 Å². The van der Waals surface area contributed by atoms with Crippen LogP contribution in [0, 0.1) is 22.0 Å². The van der Waals surface area contributed by atoms with Gasteiger partial charge in [-0.25, -0.2) is 0 Å². The van der Waals surface area contributed by atoms with Crippen molar-refractivity contribution < 1.29 is 9.35 Å². The van der Waals surface area contributed by atoms with Crippen LogP contribution in [0.5, 0.6) is 0 Å². The van der Waals surface area contributed by atoms with Crippen molar-refractivity contribution in [1.82, 2.24) is 0 Å². The Morgan fingerprint density at radius 1 is 1.36 bits per heavy atom. The van der Waals surface area contributed by atoms with Gasteiger partial charge in [-0.2, -0.15) is 0 Å².